The second-order valence-electron chi connectivity index (χ2n) is 2.98. The molecule has 2 heteroatoms. The van der Waals surface area contributed by atoms with Crippen LogP contribution in [0.1, 0.15) is 24.5 Å². The molecule has 1 atom stereocenters. The molecule has 1 aromatic rings. The smallest absolute Gasteiger partial charge is 0.232 e. The first-order valence-corrected chi connectivity index (χ1v) is 4.04. The van der Waals surface area contributed by atoms with Crippen LogP contribution in [-0.2, 0) is 5.85 Å². The number of rotatable bonds is 2. The highest BCUT2D eigenvalue weighted by atomic mass is 19.2. The number of aryl methyl sites for hydroxylation is 1. The topological polar surface area (TPSA) is 20.2 Å². The molecule has 0 heterocycles. The van der Waals surface area contributed by atoms with Crippen molar-refractivity contribution >= 4 is 0 Å². The lowest BCUT2D eigenvalue weighted by atomic mass is 10.0. The van der Waals surface area contributed by atoms with E-state index >= 15 is 0 Å². The third-order valence-corrected chi connectivity index (χ3v) is 1.93. The molecule has 12 heavy (non-hydrogen) atoms. The van der Waals surface area contributed by atoms with E-state index in [2.05, 4.69) is 0 Å². The minimum atomic E-state index is -2.17. The van der Waals surface area contributed by atoms with E-state index in [1.807, 2.05) is 13.0 Å². The number of halogens is 1. The Bertz CT molecular complexity index is 268. The first-order valence-electron chi connectivity index (χ1n) is 4.04. The Balaban J connectivity index is 3.03. The fraction of sp³-hybridized carbons (Fsp3) is 0.400. The Labute approximate surface area is 71.9 Å². The Morgan fingerprint density at radius 2 is 2.17 bits per heavy atom. The molecule has 1 unspecified atom stereocenters. The lowest BCUT2D eigenvalue weighted by molar-refractivity contribution is -0.0980. The molecule has 0 bridgehead atoms. The van der Waals surface area contributed by atoms with E-state index in [0.29, 0.717) is 5.56 Å². The summed E-state index contributed by atoms with van der Waals surface area (Å²) in [5.74, 6) is -2.17. The van der Waals surface area contributed by atoms with E-state index in [-0.39, 0.29) is 6.42 Å². The summed E-state index contributed by atoms with van der Waals surface area (Å²) in [6.45, 7) is 3.48. The van der Waals surface area contributed by atoms with Crippen molar-refractivity contribution in [2.24, 2.45) is 0 Å². The molecular weight excluding hydrogens is 155 g/mol. The Hall–Kier alpha value is -0.890. The molecule has 1 nitrogen and oxygen atoms in total. The highest BCUT2D eigenvalue weighted by molar-refractivity contribution is 5.25. The van der Waals surface area contributed by atoms with Crippen LogP contribution in [0.5, 0.6) is 0 Å². The van der Waals surface area contributed by atoms with Gasteiger partial charge in [-0.1, -0.05) is 36.8 Å². The van der Waals surface area contributed by atoms with Gasteiger partial charge in [0.25, 0.3) is 0 Å². The second-order valence-corrected chi connectivity index (χ2v) is 2.98. The predicted octanol–water partition coefficient (Wildman–Crippen LogP) is 2.52. The largest absolute Gasteiger partial charge is 0.358 e. The number of alkyl halides is 1. The maximum absolute atomic E-state index is 13.3. The molecule has 0 spiro atoms. The Morgan fingerprint density at radius 3 is 2.67 bits per heavy atom. The average molecular weight is 168 g/mol. The summed E-state index contributed by atoms with van der Waals surface area (Å²) in [6, 6.07) is 6.86. The van der Waals surface area contributed by atoms with Gasteiger partial charge < -0.3 is 5.11 Å². The number of aliphatic hydroxyl groups is 1. The van der Waals surface area contributed by atoms with Gasteiger partial charge in [0.2, 0.25) is 5.85 Å². The van der Waals surface area contributed by atoms with Gasteiger partial charge in [-0.3, -0.25) is 0 Å². The molecule has 1 N–H and O–H groups in total. The third-order valence-electron chi connectivity index (χ3n) is 1.93. The van der Waals surface area contributed by atoms with Crippen LogP contribution in [0.4, 0.5) is 4.39 Å². The molecule has 0 saturated carbocycles. The maximum atomic E-state index is 13.3. The fourth-order valence-electron chi connectivity index (χ4n) is 1.09. The third kappa shape index (κ3) is 1.83. The van der Waals surface area contributed by atoms with Gasteiger partial charge in [0.15, 0.2) is 0 Å². The molecule has 0 aliphatic heterocycles. The normalized spacial score (nSPS) is 15.7. The average Bonchev–Trinajstić information content (AvgIpc) is 2.05. The molecule has 0 aliphatic rings. The summed E-state index contributed by atoms with van der Waals surface area (Å²) in [4.78, 5) is 0. The molecule has 0 amide bonds. The lowest BCUT2D eigenvalue weighted by Gasteiger charge is -2.17. The zero-order valence-corrected chi connectivity index (χ0v) is 7.34. The summed E-state index contributed by atoms with van der Waals surface area (Å²) in [5, 5.41) is 9.25. The molecule has 1 aromatic carbocycles. The Kier molecular flexibility index (Phi) is 2.48. The van der Waals surface area contributed by atoms with Crippen LogP contribution >= 0.6 is 0 Å². The van der Waals surface area contributed by atoms with Crippen molar-refractivity contribution in [2.75, 3.05) is 0 Å². The lowest BCUT2D eigenvalue weighted by Crippen LogP contribution is -2.17. The molecule has 0 saturated heterocycles. The van der Waals surface area contributed by atoms with Gasteiger partial charge >= 0.3 is 0 Å². The predicted molar refractivity (Wildman–Crippen MR) is 46.5 cm³/mol. The molecule has 0 aliphatic carbocycles. The van der Waals surface area contributed by atoms with E-state index in [0.717, 1.165) is 5.56 Å². The highest BCUT2D eigenvalue weighted by Crippen LogP contribution is 2.26. The zero-order chi connectivity index (χ0) is 9.19. The summed E-state index contributed by atoms with van der Waals surface area (Å²) in [7, 11) is 0. The van der Waals surface area contributed by atoms with Crippen molar-refractivity contribution < 1.29 is 9.50 Å². The summed E-state index contributed by atoms with van der Waals surface area (Å²) >= 11 is 0. The first-order chi connectivity index (χ1) is 5.56. The highest BCUT2D eigenvalue weighted by Gasteiger charge is 2.25. The standard InChI is InChI=1S/C10H13FO/c1-3-10(11,12)9-6-4-5-8(2)7-9/h4-7,12H,3H2,1-2H3. The van der Waals surface area contributed by atoms with Gasteiger partial charge in [-0.15, -0.1) is 0 Å². The minimum Gasteiger partial charge on any atom is -0.358 e. The van der Waals surface area contributed by atoms with Gasteiger partial charge in [-0.25, -0.2) is 4.39 Å². The monoisotopic (exact) mass is 168 g/mol. The van der Waals surface area contributed by atoms with Gasteiger partial charge in [-0.2, -0.15) is 0 Å². The van der Waals surface area contributed by atoms with Gasteiger partial charge in [-0.05, 0) is 6.92 Å². The molecule has 0 radical (unpaired) electrons. The van der Waals surface area contributed by atoms with Gasteiger partial charge in [0.05, 0.1) is 0 Å². The van der Waals surface area contributed by atoms with E-state index < -0.39 is 5.85 Å². The van der Waals surface area contributed by atoms with E-state index in [4.69, 9.17) is 0 Å². The van der Waals surface area contributed by atoms with Crippen molar-refractivity contribution in [3.63, 3.8) is 0 Å². The second kappa shape index (κ2) is 3.23. The van der Waals surface area contributed by atoms with E-state index in [9.17, 15) is 9.50 Å². The SMILES string of the molecule is CCC(O)(F)c1cccc(C)c1. The maximum Gasteiger partial charge on any atom is 0.232 e. The van der Waals surface area contributed by atoms with Crippen LogP contribution in [0.2, 0.25) is 0 Å². The number of hydrogen-bond acceptors (Lipinski definition) is 1. The molecular formula is C10H13FO. The van der Waals surface area contributed by atoms with Crippen molar-refractivity contribution in [1.82, 2.24) is 0 Å². The molecule has 0 fully saturated rings. The van der Waals surface area contributed by atoms with Crippen LogP contribution < -0.4 is 0 Å². The zero-order valence-electron chi connectivity index (χ0n) is 7.34. The van der Waals surface area contributed by atoms with Crippen LogP contribution in [0, 0.1) is 6.92 Å². The minimum absolute atomic E-state index is 0.0798. The quantitative estimate of drug-likeness (QED) is 0.719. The van der Waals surface area contributed by atoms with Crippen LogP contribution in [0.3, 0.4) is 0 Å². The van der Waals surface area contributed by atoms with Crippen molar-refractivity contribution in [1.29, 1.82) is 0 Å². The van der Waals surface area contributed by atoms with Crippen molar-refractivity contribution in [3.8, 4) is 0 Å². The summed E-state index contributed by atoms with van der Waals surface area (Å²) < 4.78 is 13.3. The molecule has 66 valence electrons. The fourth-order valence-corrected chi connectivity index (χ4v) is 1.09. The van der Waals surface area contributed by atoms with Crippen molar-refractivity contribution in [2.45, 2.75) is 26.1 Å². The van der Waals surface area contributed by atoms with Gasteiger partial charge in [0, 0.05) is 12.0 Å². The Morgan fingerprint density at radius 1 is 1.50 bits per heavy atom. The number of hydrogen-bond donors (Lipinski definition) is 1. The number of benzene rings is 1. The van der Waals surface area contributed by atoms with E-state index in [1.165, 1.54) is 0 Å². The van der Waals surface area contributed by atoms with Gasteiger partial charge in [0.1, 0.15) is 0 Å². The van der Waals surface area contributed by atoms with Crippen LogP contribution in [0.15, 0.2) is 24.3 Å². The van der Waals surface area contributed by atoms with Crippen LogP contribution in [-0.4, -0.2) is 5.11 Å². The first kappa shape index (κ1) is 9.20. The molecule has 1 rings (SSSR count). The van der Waals surface area contributed by atoms with Crippen molar-refractivity contribution in [3.05, 3.63) is 35.4 Å². The summed E-state index contributed by atoms with van der Waals surface area (Å²) in [5.41, 5.74) is 1.29. The van der Waals surface area contributed by atoms with Crippen LogP contribution in [0.25, 0.3) is 0 Å². The van der Waals surface area contributed by atoms with E-state index in [1.54, 1.807) is 25.1 Å². The molecule has 0 aromatic heterocycles. The summed E-state index contributed by atoms with van der Waals surface area (Å²) in [6.07, 6.45) is 0.0798.